The molecule has 2 rings (SSSR count). The Labute approximate surface area is 130 Å². The zero-order valence-electron chi connectivity index (χ0n) is 14.1. The second-order valence-corrected chi connectivity index (χ2v) is 6.74. The minimum Gasteiger partial charge on any atom is -0.328 e. The molecular formula is C19H32N2. The van der Waals surface area contributed by atoms with Crippen LogP contribution < -0.4 is 5.73 Å². The molecule has 1 atom stereocenters. The van der Waals surface area contributed by atoms with E-state index in [0.29, 0.717) is 6.04 Å². The summed E-state index contributed by atoms with van der Waals surface area (Å²) in [6.07, 6.45) is 7.52. The molecule has 118 valence electrons. The van der Waals surface area contributed by atoms with E-state index in [0.717, 1.165) is 13.1 Å². The summed E-state index contributed by atoms with van der Waals surface area (Å²) in [7, 11) is 0. The van der Waals surface area contributed by atoms with Gasteiger partial charge in [0.05, 0.1) is 5.54 Å². The summed E-state index contributed by atoms with van der Waals surface area (Å²) >= 11 is 0. The maximum atomic E-state index is 6.35. The highest BCUT2D eigenvalue weighted by molar-refractivity contribution is 5.37. The number of nitrogens with two attached hydrogens (primary N) is 1. The first-order valence-electron chi connectivity index (χ1n) is 8.71. The summed E-state index contributed by atoms with van der Waals surface area (Å²) in [5, 5.41) is 0. The average Bonchev–Trinajstić information content (AvgIpc) is 2.51. The maximum Gasteiger partial charge on any atom is 0.0588 e. The molecule has 0 aromatic heterocycles. The zero-order valence-corrected chi connectivity index (χ0v) is 14.1. The van der Waals surface area contributed by atoms with Crippen molar-refractivity contribution in [1.82, 2.24) is 4.90 Å². The van der Waals surface area contributed by atoms with Crippen LogP contribution in [0.1, 0.15) is 64.0 Å². The molecule has 0 amide bonds. The van der Waals surface area contributed by atoms with Gasteiger partial charge in [-0.1, -0.05) is 44.0 Å². The molecule has 0 spiro atoms. The van der Waals surface area contributed by atoms with Gasteiger partial charge in [0.1, 0.15) is 0 Å². The molecule has 1 aromatic carbocycles. The van der Waals surface area contributed by atoms with Crippen LogP contribution in [0.15, 0.2) is 24.3 Å². The van der Waals surface area contributed by atoms with E-state index in [4.69, 9.17) is 5.73 Å². The molecule has 2 N–H and O–H groups in total. The third-order valence-corrected chi connectivity index (χ3v) is 5.07. The topological polar surface area (TPSA) is 29.3 Å². The molecule has 2 heteroatoms. The number of rotatable bonds is 7. The van der Waals surface area contributed by atoms with Crippen LogP contribution in [0.2, 0.25) is 0 Å². The van der Waals surface area contributed by atoms with Crippen molar-refractivity contribution in [2.24, 2.45) is 5.73 Å². The van der Waals surface area contributed by atoms with E-state index in [1.807, 2.05) is 0 Å². The number of fused-ring (bicyclic) bond motifs is 1. The minimum atomic E-state index is 0.0523. The van der Waals surface area contributed by atoms with Crippen molar-refractivity contribution < 1.29 is 0 Å². The Morgan fingerprint density at radius 2 is 2.00 bits per heavy atom. The predicted octanol–water partition coefficient (Wildman–Crippen LogP) is 4.08. The van der Waals surface area contributed by atoms with Crippen LogP contribution in [0.5, 0.6) is 0 Å². The summed E-state index contributed by atoms with van der Waals surface area (Å²) in [4.78, 5) is 2.68. The van der Waals surface area contributed by atoms with E-state index in [9.17, 15) is 0 Å². The van der Waals surface area contributed by atoms with Gasteiger partial charge in [0.2, 0.25) is 0 Å². The summed E-state index contributed by atoms with van der Waals surface area (Å²) in [6, 6.07) is 9.50. The van der Waals surface area contributed by atoms with Gasteiger partial charge < -0.3 is 5.73 Å². The summed E-state index contributed by atoms with van der Waals surface area (Å²) in [5.74, 6) is 0. The van der Waals surface area contributed by atoms with Gasteiger partial charge in [0.15, 0.2) is 0 Å². The Morgan fingerprint density at radius 1 is 1.24 bits per heavy atom. The Morgan fingerprint density at radius 3 is 2.67 bits per heavy atom. The lowest BCUT2D eigenvalue weighted by molar-refractivity contribution is 0.0417. The lowest BCUT2D eigenvalue weighted by Crippen LogP contribution is -2.56. The van der Waals surface area contributed by atoms with Crippen molar-refractivity contribution in [2.75, 3.05) is 13.1 Å². The molecule has 0 fully saturated rings. The molecule has 0 saturated heterocycles. The van der Waals surface area contributed by atoms with Gasteiger partial charge in [-0.05, 0) is 57.2 Å². The van der Waals surface area contributed by atoms with E-state index in [-0.39, 0.29) is 5.54 Å². The lowest BCUT2D eigenvalue weighted by Gasteiger charge is -2.49. The Balaban J connectivity index is 2.34. The highest BCUT2D eigenvalue weighted by Crippen LogP contribution is 2.40. The van der Waals surface area contributed by atoms with E-state index < -0.39 is 0 Å². The third-order valence-electron chi connectivity index (χ3n) is 5.07. The zero-order chi connectivity index (χ0) is 15.3. The van der Waals surface area contributed by atoms with Gasteiger partial charge in [-0.15, -0.1) is 0 Å². The minimum absolute atomic E-state index is 0.0523. The fourth-order valence-electron chi connectivity index (χ4n) is 4.02. The van der Waals surface area contributed by atoms with Crippen molar-refractivity contribution >= 4 is 0 Å². The van der Waals surface area contributed by atoms with E-state index >= 15 is 0 Å². The molecular weight excluding hydrogens is 256 g/mol. The maximum absolute atomic E-state index is 6.35. The third kappa shape index (κ3) is 3.32. The highest BCUT2D eigenvalue weighted by atomic mass is 15.2. The van der Waals surface area contributed by atoms with Crippen LogP contribution in [0, 0.1) is 0 Å². The number of benzene rings is 1. The van der Waals surface area contributed by atoms with Crippen LogP contribution in [-0.4, -0.2) is 24.0 Å². The van der Waals surface area contributed by atoms with Crippen LogP contribution in [0.25, 0.3) is 0 Å². The highest BCUT2D eigenvalue weighted by Gasteiger charge is 2.41. The number of hydrogen-bond acceptors (Lipinski definition) is 2. The van der Waals surface area contributed by atoms with Crippen molar-refractivity contribution in [2.45, 2.75) is 70.9 Å². The fourth-order valence-corrected chi connectivity index (χ4v) is 4.02. The number of nitrogens with zero attached hydrogens (tertiary/aromatic N) is 1. The first kappa shape index (κ1) is 16.5. The monoisotopic (exact) mass is 288 g/mol. The second kappa shape index (κ2) is 7.42. The van der Waals surface area contributed by atoms with Gasteiger partial charge >= 0.3 is 0 Å². The van der Waals surface area contributed by atoms with Crippen molar-refractivity contribution in [3.63, 3.8) is 0 Å². The number of unbranched alkanes of at least 4 members (excludes halogenated alkanes) is 2. The number of hydrogen-bond donors (Lipinski definition) is 1. The smallest absolute Gasteiger partial charge is 0.0588 e. The van der Waals surface area contributed by atoms with Gasteiger partial charge in [0.25, 0.3) is 0 Å². The Kier molecular flexibility index (Phi) is 5.83. The first-order valence-corrected chi connectivity index (χ1v) is 8.71. The molecule has 0 radical (unpaired) electrons. The number of aryl methyl sites for hydroxylation is 1. The van der Waals surface area contributed by atoms with E-state index in [1.54, 1.807) is 0 Å². The van der Waals surface area contributed by atoms with Gasteiger partial charge in [0, 0.05) is 12.6 Å². The molecule has 2 nitrogen and oxygen atoms in total. The van der Waals surface area contributed by atoms with Crippen molar-refractivity contribution in [3.8, 4) is 0 Å². The van der Waals surface area contributed by atoms with Gasteiger partial charge in [-0.3, -0.25) is 4.90 Å². The molecule has 1 aliphatic rings. The van der Waals surface area contributed by atoms with Crippen LogP contribution in [0.4, 0.5) is 0 Å². The molecule has 0 heterocycles. The largest absolute Gasteiger partial charge is 0.328 e. The summed E-state index contributed by atoms with van der Waals surface area (Å²) in [6.45, 7) is 8.81. The van der Waals surface area contributed by atoms with Crippen LogP contribution in [0.3, 0.4) is 0 Å². The molecule has 0 bridgehead atoms. The molecule has 1 aliphatic carbocycles. The molecule has 0 aliphatic heterocycles. The van der Waals surface area contributed by atoms with Crippen LogP contribution in [-0.2, 0) is 12.0 Å². The van der Waals surface area contributed by atoms with E-state index in [1.165, 1.54) is 49.7 Å². The second-order valence-electron chi connectivity index (χ2n) is 6.74. The van der Waals surface area contributed by atoms with Crippen molar-refractivity contribution in [3.05, 3.63) is 35.4 Å². The molecule has 0 saturated carbocycles. The fraction of sp³-hybridized carbons (Fsp3) is 0.684. The van der Waals surface area contributed by atoms with Crippen LogP contribution >= 0.6 is 0 Å². The normalized spacial score (nSPS) is 21.8. The first-order chi connectivity index (χ1) is 10.2. The van der Waals surface area contributed by atoms with Gasteiger partial charge in [-0.2, -0.15) is 0 Å². The summed E-state index contributed by atoms with van der Waals surface area (Å²) in [5.41, 5.74) is 9.41. The quantitative estimate of drug-likeness (QED) is 0.766. The average molecular weight is 288 g/mol. The van der Waals surface area contributed by atoms with E-state index in [2.05, 4.69) is 49.9 Å². The molecule has 1 unspecified atom stereocenters. The molecule has 21 heavy (non-hydrogen) atoms. The Hall–Kier alpha value is -0.860. The van der Waals surface area contributed by atoms with Gasteiger partial charge in [-0.25, -0.2) is 0 Å². The molecule has 1 aromatic rings. The van der Waals surface area contributed by atoms with Crippen molar-refractivity contribution in [1.29, 1.82) is 0 Å². The lowest BCUT2D eigenvalue weighted by atomic mass is 9.74. The standard InChI is InChI=1S/C19H32N2/c1-4-5-8-14-21(16(2)3)19(15-20)13-9-11-17-10-6-7-12-18(17)19/h6-7,10,12,16H,4-5,8-9,11,13-15,20H2,1-3H3. The SMILES string of the molecule is CCCCCN(C(C)C)C1(CN)CCCc2ccccc21. The predicted molar refractivity (Wildman–Crippen MR) is 91.5 cm³/mol. The summed E-state index contributed by atoms with van der Waals surface area (Å²) < 4.78 is 0. The Bertz CT molecular complexity index is 441.